The van der Waals surface area contributed by atoms with E-state index in [4.69, 9.17) is 11.5 Å². The maximum absolute atomic E-state index is 11.9. The first-order valence-electron chi connectivity index (χ1n) is 9.07. The second-order valence-corrected chi connectivity index (χ2v) is 6.78. The smallest absolute Gasteiger partial charge is 0.241 e. The maximum Gasteiger partial charge on any atom is 0.241 e. The van der Waals surface area contributed by atoms with Gasteiger partial charge in [0.05, 0.1) is 12.5 Å². The minimum Gasteiger partial charge on any atom is -0.370 e. The van der Waals surface area contributed by atoms with Gasteiger partial charge in [-0.3, -0.25) is 9.59 Å². The summed E-state index contributed by atoms with van der Waals surface area (Å²) in [4.78, 5) is 24.9. The number of nitrogens with one attached hydrogen (secondary N) is 1. The molecule has 2 atom stereocenters. The van der Waals surface area contributed by atoms with E-state index in [2.05, 4.69) is 46.8 Å². The molecule has 6 heteroatoms. The molecule has 0 fully saturated rings. The van der Waals surface area contributed by atoms with Crippen LogP contribution in [-0.2, 0) is 9.59 Å². The van der Waals surface area contributed by atoms with Crippen molar-refractivity contribution in [1.82, 2.24) is 0 Å². The molecule has 0 bridgehead atoms. The number of benzene rings is 2. The van der Waals surface area contributed by atoms with E-state index in [-0.39, 0.29) is 12.3 Å². The summed E-state index contributed by atoms with van der Waals surface area (Å²) in [5.74, 6) is -0.832. The molecule has 2 aromatic rings. The number of nitrogens with zero attached hydrogens (tertiary/aromatic N) is 1. The summed E-state index contributed by atoms with van der Waals surface area (Å²) >= 11 is 0. The van der Waals surface area contributed by atoms with E-state index in [9.17, 15) is 9.59 Å². The number of nitrogens with two attached hydrogens (primary N) is 2. The van der Waals surface area contributed by atoms with Crippen LogP contribution in [0.5, 0.6) is 0 Å². The van der Waals surface area contributed by atoms with Gasteiger partial charge in [0.2, 0.25) is 11.8 Å². The van der Waals surface area contributed by atoms with Crippen molar-refractivity contribution in [2.24, 2.45) is 11.5 Å². The van der Waals surface area contributed by atoms with E-state index in [1.807, 2.05) is 31.3 Å². The topological polar surface area (TPSA) is 101 Å². The Labute approximate surface area is 164 Å². The number of carbonyl (C=O) groups excluding carboxylic acids is 2. The van der Waals surface area contributed by atoms with Crippen LogP contribution in [0.15, 0.2) is 66.9 Å². The summed E-state index contributed by atoms with van der Waals surface area (Å²) in [6, 6.07) is 14.8. The van der Waals surface area contributed by atoms with Crippen LogP contribution in [0.4, 0.5) is 11.4 Å². The predicted octanol–water partition coefficient (Wildman–Crippen LogP) is 2.59. The molecule has 1 aliphatic rings. The van der Waals surface area contributed by atoms with Gasteiger partial charge in [-0.25, -0.2) is 0 Å². The summed E-state index contributed by atoms with van der Waals surface area (Å²) in [5, 5.41) is 2.69. The number of rotatable bonds is 6. The van der Waals surface area contributed by atoms with E-state index in [1.54, 1.807) is 12.1 Å². The molecule has 0 saturated carbocycles. The van der Waals surface area contributed by atoms with Crippen LogP contribution < -0.4 is 21.7 Å². The molecule has 144 valence electrons. The lowest BCUT2D eigenvalue weighted by atomic mass is 9.93. The monoisotopic (exact) mass is 376 g/mol. The molecule has 0 radical (unpaired) electrons. The average Bonchev–Trinajstić information content (AvgIpc) is 2.68. The van der Waals surface area contributed by atoms with Crippen molar-refractivity contribution in [2.45, 2.75) is 18.4 Å². The third-order valence-corrected chi connectivity index (χ3v) is 4.62. The van der Waals surface area contributed by atoms with E-state index in [0.717, 1.165) is 5.56 Å². The van der Waals surface area contributed by atoms with E-state index in [0.29, 0.717) is 5.69 Å². The Hall–Kier alpha value is -3.38. The minimum atomic E-state index is -0.951. The summed E-state index contributed by atoms with van der Waals surface area (Å²) in [5.41, 5.74) is 14.8. The Morgan fingerprint density at radius 1 is 1.18 bits per heavy atom. The molecule has 2 aromatic carbocycles. The van der Waals surface area contributed by atoms with E-state index in [1.165, 1.54) is 11.3 Å². The van der Waals surface area contributed by atoms with E-state index >= 15 is 0 Å². The Balaban J connectivity index is 1.65. The number of amides is 2. The van der Waals surface area contributed by atoms with Crippen LogP contribution in [0.1, 0.15) is 23.5 Å². The number of allylic oxidation sites excluding steroid dienone is 2. The van der Waals surface area contributed by atoms with Gasteiger partial charge in [-0.2, -0.15) is 0 Å². The molecule has 3 rings (SSSR count). The SMILES string of the molecule is CN1C=CC(/C=C/c2ccc(NC(=O)[C@H](N)CC(N)=O)cc2)c2ccccc21. The molecule has 0 aromatic heterocycles. The molecular formula is C22H24N4O2. The van der Waals surface area contributed by atoms with E-state index < -0.39 is 17.9 Å². The van der Waals surface area contributed by atoms with Gasteiger partial charge in [-0.05, 0) is 29.3 Å². The van der Waals surface area contributed by atoms with Gasteiger partial charge in [0.1, 0.15) is 0 Å². The van der Waals surface area contributed by atoms with Gasteiger partial charge in [-0.15, -0.1) is 0 Å². The average molecular weight is 376 g/mol. The number of para-hydroxylation sites is 1. The molecule has 0 aliphatic carbocycles. The third-order valence-electron chi connectivity index (χ3n) is 4.62. The van der Waals surface area contributed by atoms with Gasteiger partial charge in [0.15, 0.2) is 0 Å². The van der Waals surface area contributed by atoms with Crippen molar-refractivity contribution in [1.29, 1.82) is 0 Å². The molecular weight excluding hydrogens is 352 g/mol. The van der Waals surface area contributed by atoms with Crippen LogP contribution in [0.25, 0.3) is 6.08 Å². The minimum absolute atomic E-state index is 0.182. The molecule has 1 aliphatic heterocycles. The standard InChI is InChI=1S/C22H24N4O2/c1-26-13-12-16(18-4-2-3-5-20(18)26)9-6-15-7-10-17(11-8-15)25-22(28)19(23)14-21(24)27/h2-13,16,19H,14,23H2,1H3,(H2,24,27)(H,25,28)/b9-6+/t16?,19-/m1/s1. The molecule has 5 N–H and O–H groups in total. The number of hydrogen-bond acceptors (Lipinski definition) is 4. The first-order chi connectivity index (χ1) is 13.4. The Kier molecular flexibility index (Phi) is 5.91. The molecule has 1 unspecified atom stereocenters. The first kappa shape index (κ1) is 19.4. The summed E-state index contributed by atoms with van der Waals surface area (Å²) in [7, 11) is 2.04. The van der Waals surface area contributed by atoms with Crippen molar-refractivity contribution in [3.63, 3.8) is 0 Å². The largest absolute Gasteiger partial charge is 0.370 e. The van der Waals surface area contributed by atoms with Crippen LogP contribution >= 0.6 is 0 Å². The zero-order chi connectivity index (χ0) is 20.1. The van der Waals surface area contributed by atoms with Crippen molar-refractivity contribution < 1.29 is 9.59 Å². The van der Waals surface area contributed by atoms with Crippen LogP contribution in [-0.4, -0.2) is 24.9 Å². The highest BCUT2D eigenvalue weighted by molar-refractivity contribution is 5.97. The number of primary amides is 1. The molecule has 6 nitrogen and oxygen atoms in total. The van der Waals surface area contributed by atoms with Crippen LogP contribution in [0.2, 0.25) is 0 Å². The lowest BCUT2D eigenvalue weighted by molar-refractivity contribution is -0.123. The predicted molar refractivity (Wildman–Crippen MR) is 113 cm³/mol. The number of anilines is 2. The second kappa shape index (κ2) is 8.54. The number of hydrogen-bond donors (Lipinski definition) is 3. The number of carbonyl (C=O) groups is 2. The Bertz CT molecular complexity index is 918. The quantitative estimate of drug-likeness (QED) is 0.721. The number of fused-ring (bicyclic) bond motifs is 1. The zero-order valence-corrected chi connectivity index (χ0v) is 15.7. The highest BCUT2D eigenvalue weighted by atomic mass is 16.2. The molecule has 2 amide bonds. The van der Waals surface area contributed by atoms with Crippen molar-refractivity contribution in [3.8, 4) is 0 Å². The first-order valence-corrected chi connectivity index (χ1v) is 9.07. The second-order valence-electron chi connectivity index (χ2n) is 6.78. The normalized spacial score (nSPS) is 16.6. The van der Waals surface area contributed by atoms with Gasteiger partial charge in [0.25, 0.3) is 0 Å². The molecule has 0 spiro atoms. The lowest BCUT2D eigenvalue weighted by Crippen LogP contribution is -2.38. The molecule has 0 saturated heterocycles. The fourth-order valence-electron chi connectivity index (χ4n) is 3.10. The van der Waals surface area contributed by atoms with Gasteiger partial charge < -0.3 is 21.7 Å². The van der Waals surface area contributed by atoms with Crippen molar-refractivity contribution in [3.05, 3.63) is 78.0 Å². The summed E-state index contributed by atoms with van der Waals surface area (Å²) < 4.78 is 0. The fourth-order valence-corrected chi connectivity index (χ4v) is 3.10. The summed E-state index contributed by atoms with van der Waals surface area (Å²) in [6.07, 6.45) is 8.26. The Morgan fingerprint density at radius 2 is 1.89 bits per heavy atom. The summed E-state index contributed by atoms with van der Waals surface area (Å²) in [6.45, 7) is 0. The maximum atomic E-state index is 11.9. The van der Waals surface area contributed by atoms with Crippen molar-refractivity contribution >= 4 is 29.3 Å². The van der Waals surface area contributed by atoms with Crippen LogP contribution in [0, 0.1) is 0 Å². The molecule has 28 heavy (non-hydrogen) atoms. The highest BCUT2D eigenvalue weighted by Gasteiger charge is 2.17. The van der Waals surface area contributed by atoms with Gasteiger partial charge in [-0.1, -0.05) is 48.6 Å². The zero-order valence-electron chi connectivity index (χ0n) is 15.7. The molecule has 1 heterocycles. The highest BCUT2D eigenvalue weighted by Crippen LogP contribution is 2.33. The van der Waals surface area contributed by atoms with Crippen LogP contribution in [0.3, 0.4) is 0 Å². The fraction of sp³-hybridized carbons (Fsp3) is 0.182. The van der Waals surface area contributed by atoms with Gasteiger partial charge in [0, 0.05) is 30.5 Å². The third kappa shape index (κ3) is 4.66. The Morgan fingerprint density at radius 3 is 2.61 bits per heavy atom. The lowest BCUT2D eigenvalue weighted by Gasteiger charge is -2.26. The van der Waals surface area contributed by atoms with Crippen molar-refractivity contribution in [2.75, 3.05) is 17.3 Å². The van der Waals surface area contributed by atoms with Gasteiger partial charge >= 0.3 is 0 Å².